The molecule has 0 radical (unpaired) electrons. The monoisotopic (exact) mass is 340 g/mol. The first-order chi connectivity index (χ1) is 12.1. The van der Waals surface area contributed by atoms with Crippen molar-refractivity contribution in [2.45, 2.75) is 19.9 Å². The summed E-state index contributed by atoms with van der Waals surface area (Å²) in [6, 6.07) is 14.0. The lowest BCUT2D eigenvalue weighted by Gasteiger charge is -2.24. The van der Waals surface area contributed by atoms with Crippen molar-refractivity contribution in [1.82, 2.24) is 0 Å². The first-order valence-electron chi connectivity index (χ1n) is 7.74. The fraction of sp³-hybridized carbons (Fsp3) is 0.211. The molecule has 0 bridgehead atoms. The molecule has 0 spiro atoms. The number of amides is 1. The van der Waals surface area contributed by atoms with Crippen molar-refractivity contribution in [3.8, 4) is 6.07 Å². The molecule has 6 heteroatoms. The van der Waals surface area contributed by atoms with Crippen LogP contribution < -0.4 is 4.90 Å². The van der Waals surface area contributed by atoms with E-state index in [1.54, 1.807) is 43.3 Å². The Balaban J connectivity index is 2.42. The zero-order valence-corrected chi connectivity index (χ0v) is 13.7. The summed E-state index contributed by atoms with van der Waals surface area (Å²) < 4.78 is 18.1. The van der Waals surface area contributed by atoms with E-state index in [2.05, 4.69) is 0 Å². The van der Waals surface area contributed by atoms with Crippen LogP contribution in [0.5, 0.6) is 0 Å². The van der Waals surface area contributed by atoms with Gasteiger partial charge in [-0.1, -0.05) is 24.3 Å². The van der Waals surface area contributed by atoms with Crippen LogP contribution in [0.25, 0.3) is 0 Å². The van der Waals surface area contributed by atoms with Crippen molar-refractivity contribution in [2.24, 2.45) is 0 Å². The molecule has 0 aliphatic heterocycles. The summed E-state index contributed by atoms with van der Waals surface area (Å²) >= 11 is 0. The van der Waals surface area contributed by atoms with E-state index in [1.807, 2.05) is 6.07 Å². The number of carbonyl (C=O) groups is 2. The summed E-state index contributed by atoms with van der Waals surface area (Å²) in [4.78, 5) is 25.9. The van der Waals surface area contributed by atoms with Gasteiger partial charge in [0.25, 0.3) is 0 Å². The highest BCUT2D eigenvalue weighted by Gasteiger charge is 2.22. The number of benzene rings is 2. The summed E-state index contributed by atoms with van der Waals surface area (Å²) in [5.74, 6) is -1.39. The molecule has 2 aromatic carbocycles. The fourth-order valence-corrected chi connectivity index (χ4v) is 2.33. The number of carbonyl (C=O) groups excluding carboxylic acids is 2. The summed E-state index contributed by atoms with van der Waals surface area (Å²) in [7, 11) is 0. The predicted octanol–water partition coefficient (Wildman–Crippen LogP) is 3.45. The lowest BCUT2D eigenvalue weighted by atomic mass is 10.1. The van der Waals surface area contributed by atoms with Gasteiger partial charge in [0.2, 0.25) is 5.91 Å². The lowest BCUT2D eigenvalue weighted by molar-refractivity contribution is -0.117. The van der Waals surface area contributed by atoms with Gasteiger partial charge >= 0.3 is 5.97 Å². The maximum absolute atomic E-state index is 13.1. The van der Waals surface area contributed by atoms with Crippen molar-refractivity contribution in [3.63, 3.8) is 0 Å². The maximum Gasteiger partial charge on any atom is 0.340 e. The van der Waals surface area contributed by atoms with Gasteiger partial charge in [-0.05, 0) is 36.8 Å². The van der Waals surface area contributed by atoms with Gasteiger partial charge in [0.15, 0.2) is 0 Å². The quantitative estimate of drug-likeness (QED) is 0.755. The van der Waals surface area contributed by atoms with Crippen LogP contribution in [0, 0.1) is 17.1 Å². The largest absolute Gasteiger partial charge is 0.462 e. The van der Waals surface area contributed by atoms with Crippen LogP contribution >= 0.6 is 0 Å². The van der Waals surface area contributed by atoms with Crippen molar-refractivity contribution in [1.29, 1.82) is 5.26 Å². The Morgan fingerprint density at radius 2 is 1.84 bits per heavy atom. The molecule has 0 aliphatic rings. The van der Waals surface area contributed by atoms with E-state index >= 15 is 0 Å². The van der Waals surface area contributed by atoms with Crippen LogP contribution in [0.1, 0.15) is 29.3 Å². The SMILES string of the molecule is CCOC(=O)c1ccccc1N(Cc1ccc(F)cc1)C(=O)CC#N. The molecule has 1 amide bonds. The van der Waals surface area contributed by atoms with Crippen LogP contribution in [0.3, 0.4) is 0 Å². The molecule has 2 aromatic rings. The Labute approximate surface area is 145 Å². The molecule has 0 heterocycles. The fourth-order valence-electron chi connectivity index (χ4n) is 2.33. The summed E-state index contributed by atoms with van der Waals surface area (Å²) in [5.41, 5.74) is 1.26. The minimum Gasteiger partial charge on any atom is -0.462 e. The second-order valence-corrected chi connectivity index (χ2v) is 5.18. The Morgan fingerprint density at radius 1 is 1.16 bits per heavy atom. The number of hydrogen-bond donors (Lipinski definition) is 0. The van der Waals surface area contributed by atoms with Crippen LogP contribution in [0.4, 0.5) is 10.1 Å². The zero-order valence-electron chi connectivity index (χ0n) is 13.7. The summed E-state index contributed by atoms with van der Waals surface area (Å²) in [6.45, 7) is 2.01. The topological polar surface area (TPSA) is 70.4 Å². The number of ether oxygens (including phenoxy) is 1. The number of para-hydroxylation sites is 1. The van der Waals surface area contributed by atoms with E-state index in [0.717, 1.165) is 0 Å². The molecule has 128 valence electrons. The summed E-state index contributed by atoms with van der Waals surface area (Å²) in [5, 5.41) is 8.86. The molecule has 0 aromatic heterocycles. The standard InChI is InChI=1S/C19H17FN2O3/c1-2-25-19(24)16-5-3-4-6-17(16)22(18(23)11-12-21)13-14-7-9-15(20)10-8-14/h3-10H,2,11,13H2,1H3. The molecule has 0 atom stereocenters. The molecule has 0 aliphatic carbocycles. The van der Waals surface area contributed by atoms with Crippen LogP contribution in [0.2, 0.25) is 0 Å². The van der Waals surface area contributed by atoms with Crippen molar-refractivity contribution in [2.75, 3.05) is 11.5 Å². The minimum atomic E-state index is -0.549. The average molecular weight is 340 g/mol. The van der Waals surface area contributed by atoms with Crippen molar-refractivity contribution in [3.05, 3.63) is 65.5 Å². The highest BCUT2D eigenvalue weighted by molar-refractivity contribution is 6.03. The van der Waals surface area contributed by atoms with Crippen LogP contribution in [-0.4, -0.2) is 18.5 Å². The first kappa shape index (κ1) is 18.1. The van der Waals surface area contributed by atoms with Gasteiger partial charge in [-0.15, -0.1) is 0 Å². The third kappa shape index (κ3) is 4.64. The molecule has 0 saturated heterocycles. The number of esters is 1. The Kier molecular flexibility index (Phi) is 6.24. The number of nitrogens with zero attached hydrogens (tertiary/aromatic N) is 2. The molecule has 0 saturated carbocycles. The van der Waals surface area contributed by atoms with E-state index in [-0.39, 0.29) is 31.0 Å². The molecule has 5 nitrogen and oxygen atoms in total. The van der Waals surface area contributed by atoms with Gasteiger partial charge in [0.1, 0.15) is 12.2 Å². The van der Waals surface area contributed by atoms with Gasteiger partial charge in [-0.2, -0.15) is 5.26 Å². The van der Waals surface area contributed by atoms with E-state index in [0.29, 0.717) is 11.3 Å². The number of nitriles is 1. The van der Waals surface area contributed by atoms with Gasteiger partial charge in [0, 0.05) is 0 Å². The summed E-state index contributed by atoms with van der Waals surface area (Å²) in [6.07, 6.45) is -0.335. The molecule has 0 unspecified atom stereocenters. The number of anilines is 1. The van der Waals surface area contributed by atoms with E-state index in [9.17, 15) is 14.0 Å². The zero-order chi connectivity index (χ0) is 18.2. The minimum absolute atomic E-state index is 0.108. The third-order valence-corrected chi connectivity index (χ3v) is 3.48. The van der Waals surface area contributed by atoms with Gasteiger partial charge in [0.05, 0.1) is 30.5 Å². The predicted molar refractivity (Wildman–Crippen MR) is 90.2 cm³/mol. The highest BCUT2D eigenvalue weighted by Crippen LogP contribution is 2.24. The Bertz CT molecular complexity index is 797. The molecule has 0 fully saturated rings. The first-order valence-corrected chi connectivity index (χ1v) is 7.74. The second kappa shape index (κ2) is 8.60. The molecular formula is C19H17FN2O3. The van der Waals surface area contributed by atoms with Gasteiger partial charge in [-0.25, -0.2) is 9.18 Å². The lowest BCUT2D eigenvalue weighted by Crippen LogP contribution is -2.31. The van der Waals surface area contributed by atoms with Crippen LogP contribution in [0.15, 0.2) is 48.5 Å². The number of rotatable bonds is 6. The molecular weight excluding hydrogens is 323 g/mol. The second-order valence-electron chi connectivity index (χ2n) is 5.18. The molecule has 25 heavy (non-hydrogen) atoms. The Hall–Kier alpha value is -3.20. The third-order valence-electron chi connectivity index (χ3n) is 3.48. The average Bonchev–Trinajstić information content (AvgIpc) is 2.61. The molecule has 0 N–H and O–H groups in total. The Morgan fingerprint density at radius 3 is 2.48 bits per heavy atom. The number of hydrogen-bond acceptors (Lipinski definition) is 4. The van der Waals surface area contributed by atoms with Crippen LogP contribution in [-0.2, 0) is 16.1 Å². The van der Waals surface area contributed by atoms with Crippen molar-refractivity contribution < 1.29 is 18.7 Å². The normalized spacial score (nSPS) is 9.96. The smallest absolute Gasteiger partial charge is 0.340 e. The van der Waals surface area contributed by atoms with E-state index in [4.69, 9.17) is 10.00 Å². The van der Waals surface area contributed by atoms with Crippen molar-refractivity contribution >= 4 is 17.6 Å². The highest BCUT2D eigenvalue weighted by atomic mass is 19.1. The van der Waals surface area contributed by atoms with Gasteiger partial charge in [-0.3, -0.25) is 4.79 Å². The maximum atomic E-state index is 13.1. The van der Waals surface area contributed by atoms with Gasteiger partial charge < -0.3 is 9.64 Å². The van der Waals surface area contributed by atoms with E-state index < -0.39 is 11.9 Å². The molecule has 2 rings (SSSR count). The number of halogens is 1. The van der Waals surface area contributed by atoms with E-state index in [1.165, 1.54) is 17.0 Å².